The fourth-order valence-electron chi connectivity index (χ4n) is 2.39. The van der Waals surface area contributed by atoms with Crippen LogP contribution in [-0.4, -0.2) is 36.6 Å². The van der Waals surface area contributed by atoms with Crippen molar-refractivity contribution in [1.82, 2.24) is 10.2 Å². The summed E-state index contributed by atoms with van der Waals surface area (Å²) in [6.07, 6.45) is 5.56. The van der Waals surface area contributed by atoms with Gasteiger partial charge in [0.25, 0.3) is 0 Å². The molecule has 0 aromatic carbocycles. The molecule has 1 N–H and O–H groups in total. The molecule has 0 amide bonds. The summed E-state index contributed by atoms with van der Waals surface area (Å²) in [7, 11) is 0. The van der Waals surface area contributed by atoms with Crippen LogP contribution in [0.5, 0.6) is 0 Å². The van der Waals surface area contributed by atoms with Crippen LogP contribution in [0.2, 0.25) is 0 Å². The molecule has 0 heterocycles. The van der Waals surface area contributed by atoms with Crippen LogP contribution in [-0.2, 0) is 0 Å². The Morgan fingerprint density at radius 3 is 2.21 bits per heavy atom. The summed E-state index contributed by atoms with van der Waals surface area (Å²) in [6, 6.07) is 0. The topological polar surface area (TPSA) is 15.3 Å². The van der Waals surface area contributed by atoms with Gasteiger partial charge >= 0.3 is 0 Å². The van der Waals surface area contributed by atoms with Crippen LogP contribution in [0.25, 0.3) is 0 Å². The fraction of sp³-hybridized carbons (Fsp3) is 1.00. The molecule has 2 nitrogen and oxygen atoms in total. The highest BCUT2D eigenvalue weighted by atomic mass is 15.1. The van der Waals surface area contributed by atoms with Gasteiger partial charge in [0.2, 0.25) is 0 Å². The zero-order valence-corrected chi connectivity index (χ0v) is 10.1. The van der Waals surface area contributed by atoms with Gasteiger partial charge in [0.05, 0.1) is 0 Å². The van der Waals surface area contributed by atoms with Gasteiger partial charge in [-0.15, -0.1) is 0 Å². The molecule has 1 saturated carbocycles. The number of nitrogens with one attached hydrogen (secondary N) is 1. The largest absolute Gasteiger partial charge is 0.310 e. The highest BCUT2D eigenvalue weighted by molar-refractivity contribution is 4.88. The van der Waals surface area contributed by atoms with E-state index >= 15 is 0 Å². The predicted octanol–water partition coefficient (Wildman–Crippen LogP) is 2.25. The Balaban J connectivity index is 2.13. The molecule has 0 saturated heterocycles. The van der Waals surface area contributed by atoms with Gasteiger partial charge in [-0.05, 0) is 32.9 Å². The van der Waals surface area contributed by atoms with Crippen LogP contribution in [0.1, 0.15) is 46.5 Å². The first-order valence-corrected chi connectivity index (χ1v) is 6.17. The lowest BCUT2D eigenvalue weighted by Crippen LogP contribution is -2.43. The molecule has 0 bridgehead atoms. The van der Waals surface area contributed by atoms with E-state index in [-0.39, 0.29) is 0 Å². The molecule has 0 aromatic rings. The van der Waals surface area contributed by atoms with Crippen LogP contribution >= 0.6 is 0 Å². The molecule has 1 fully saturated rings. The van der Waals surface area contributed by atoms with Gasteiger partial charge in [-0.25, -0.2) is 0 Å². The molecule has 0 aliphatic heterocycles. The van der Waals surface area contributed by atoms with Crippen molar-refractivity contribution in [3.8, 4) is 0 Å². The van der Waals surface area contributed by atoms with Crippen LogP contribution in [0, 0.1) is 0 Å². The van der Waals surface area contributed by atoms with Gasteiger partial charge in [-0.3, -0.25) is 0 Å². The van der Waals surface area contributed by atoms with Crippen molar-refractivity contribution in [2.24, 2.45) is 0 Å². The van der Waals surface area contributed by atoms with Gasteiger partial charge < -0.3 is 10.2 Å². The zero-order valence-electron chi connectivity index (χ0n) is 10.1. The molecule has 0 aromatic heterocycles. The molecule has 14 heavy (non-hydrogen) atoms. The van der Waals surface area contributed by atoms with Gasteiger partial charge in [0.15, 0.2) is 0 Å². The number of likely N-dealkylation sites (N-methyl/N-ethyl adjacent to an activating group) is 1. The number of hydrogen-bond donors (Lipinski definition) is 1. The maximum absolute atomic E-state index is 3.72. The Kier molecular flexibility index (Phi) is 4.90. The summed E-state index contributed by atoms with van der Waals surface area (Å²) < 4.78 is 0. The Labute approximate surface area is 89.1 Å². The van der Waals surface area contributed by atoms with Gasteiger partial charge in [0, 0.05) is 18.6 Å². The van der Waals surface area contributed by atoms with Gasteiger partial charge in [-0.1, -0.05) is 26.7 Å². The lowest BCUT2D eigenvalue weighted by molar-refractivity contribution is 0.275. The Morgan fingerprint density at radius 1 is 1.14 bits per heavy atom. The predicted molar refractivity (Wildman–Crippen MR) is 62.7 cm³/mol. The molecular weight excluding hydrogens is 172 g/mol. The van der Waals surface area contributed by atoms with E-state index in [4.69, 9.17) is 0 Å². The van der Waals surface area contributed by atoms with E-state index in [0.717, 1.165) is 6.54 Å². The monoisotopic (exact) mass is 198 g/mol. The van der Waals surface area contributed by atoms with Crippen LogP contribution in [0.4, 0.5) is 0 Å². The van der Waals surface area contributed by atoms with Gasteiger partial charge in [-0.2, -0.15) is 0 Å². The third kappa shape index (κ3) is 3.58. The summed E-state index contributed by atoms with van der Waals surface area (Å²) in [4.78, 5) is 2.48. The maximum atomic E-state index is 3.72. The van der Waals surface area contributed by atoms with Crippen molar-refractivity contribution in [2.75, 3.05) is 26.2 Å². The van der Waals surface area contributed by atoms with Gasteiger partial charge in [0.1, 0.15) is 0 Å². The minimum atomic E-state index is 0.452. The summed E-state index contributed by atoms with van der Waals surface area (Å²) >= 11 is 0. The Hall–Kier alpha value is -0.0800. The summed E-state index contributed by atoms with van der Waals surface area (Å²) in [5.74, 6) is 0. The molecule has 0 spiro atoms. The first-order chi connectivity index (χ1) is 6.70. The summed E-state index contributed by atoms with van der Waals surface area (Å²) in [5, 5.41) is 3.72. The molecule has 0 unspecified atom stereocenters. The third-order valence-corrected chi connectivity index (χ3v) is 3.58. The molecule has 1 rings (SSSR count). The second kappa shape index (κ2) is 5.72. The second-order valence-corrected chi connectivity index (χ2v) is 4.72. The molecule has 84 valence electrons. The summed E-state index contributed by atoms with van der Waals surface area (Å²) in [5.41, 5.74) is 0.452. The smallest absolute Gasteiger partial charge is 0.0153 e. The molecule has 1 aliphatic carbocycles. The normalized spacial score (nSPS) is 20.6. The van der Waals surface area contributed by atoms with Crippen molar-refractivity contribution >= 4 is 0 Å². The lowest BCUT2D eigenvalue weighted by Gasteiger charge is -2.27. The van der Waals surface area contributed by atoms with E-state index in [9.17, 15) is 0 Å². The van der Waals surface area contributed by atoms with Crippen molar-refractivity contribution in [2.45, 2.75) is 52.0 Å². The number of nitrogens with zero attached hydrogens (tertiary/aromatic N) is 1. The Morgan fingerprint density at radius 2 is 1.71 bits per heavy atom. The average Bonchev–Trinajstić information content (AvgIpc) is 2.60. The summed E-state index contributed by atoms with van der Waals surface area (Å²) in [6.45, 7) is 11.5. The minimum absolute atomic E-state index is 0.452. The van der Waals surface area contributed by atoms with Crippen LogP contribution in [0.15, 0.2) is 0 Å². The average molecular weight is 198 g/mol. The molecule has 0 atom stereocenters. The lowest BCUT2D eigenvalue weighted by atomic mass is 10.0. The van der Waals surface area contributed by atoms with E-state index in [0.29, 0.717) is 5.54 Å². The molecule has 2 heteroatoms. The zero-order chi connectivity index (χ0) is 10.4. The molecule has 0 radical (unpaired) electrons. The molecular formula is C12H26N2. The second-order valence-electron chi connectivity index (χ2n) is 4.72. The highest BCUT2D eigenvalue weighted by Crippen LogP contribution is 2.28. The van der Waals surface area contributed by atoms with E-state index < -0.39 is 0 Å². The van der Waals surface area contributed by atoms with E-state index in [1.165, 1.54) is 45.3 Å². The van der Waals surface area contributed by atoms with Crippen molar-refractivity contribution in [3.05, 3.63) is 0 Å². The van der Waals surface area contributed by atoms with E-state index in [2.05, 4.69) is 31.0 Å². The highest BCUT2D eigenvalue weighted by Gasteiger charge is 2.27. The Bertz CT molecular complexity index is 146. The van der Waals surface area contributed by atoms with E-state index in [1.807, 2.05) is 0 Å². The standard InChI is InChI=1S/C12H26N2/c1-4-14(5-2)11-10-13-12(3)8-6-7-9-12/h13H,4-11H2,1-3H3. The number of hydrogen-bond acceptors (Lipinski definition) is 2. The van der Waals surface area contributed by atoms with Crippen LogP contribution in [0.3, 0.4) is 0 Å². The third-order valence-electron chi connectivity index (χ3n) is 3.58. The van der Waals surface area contributed by atoms with Crippen LogP contribution < -0.4 is 5.32 Å². The van der Waals surface area contributed by atoms with E-state index in [1.54, 1.807) is 0 Å². The van der Waals surface area contributed by atoms with Crippen molar-refractivity contribution < 1.29 is 0 Å². The first-order valence-electron chi connectivity index (χ1n) is 6.17. The first kappa shape index (κ1) is 12.0. The maximum Gasteiger partial charge on any atom is 0.0153 e. The van der Waals surface area contributed by atoms with Crippen molar-refractivity contribution in [3.63, 3.8) is 0 Å². The number of rotatable bonds is 6. The van der Waals surface area contributed by atoms with Crippen molar-refractivity contribution in [1.29, 1.82) is 0 Å². The molecule has 1 aliphatic rings. The SMILES string of the molecule is CCN(CC)CCNC1(C)CCCC1. The minimum Gasteiger partial charge on any atom is -0.310 e. The fourth-order valence-corrected chi connectivity index (χ4v) is 2.39. The quantitative estimate of drug-likeness (QED) is 0.704.